The summed E-state index contributed by atoms with van der Waals surface area (Å²) in [6.45, 7) is -0.325. The van der Waals surface area contributed by atoms with Gasteiger partial charge in [-0.2, -0.15) is 5.10 Å². The number of benzene rings is 1. The van der Waals surface area contributed by atoms with Crippen LogP contribution < -0.4 is 0 Å². The van der Waals surface area contributed by atoms with E-state index in [1.54, 1.807) is 0 Å². The van der Waals surface area contributed by atoms with Crippen LogP contribution in [0.3, 0.4) is 0 Å². The van der Waals surface area contributed by atoms with Crippen LogP contribution in [0, 0.1) is 11.7 Å². The van der Waals surface area contributed by atoms with Gasteiger partial charge >= 0.3 is 0 Å². The van der Waals surface area contributed by atoms with E-state index >= 15 is 0 Å². The Hall–Kier alpha value is -1.87. The van der Waals surface area contributed by atoms with E-state index in [4.69, 9.17) is 0 Å². The van der Waals surface area contributed by atoms with Crippen molar-refractivity contribution >= 4 is 10.0 Å². The zero-order valence-corrected chi connectivity index (χ0v) is 14.9. The van der Waals surface area contributed by atoms with Gasteiger partial charge in [-0.15, -0.1) is 0 Å². The van der Waals surface area contributed by atoms with Gasteiger partial charge in [0.05, 0.1) is 12.4 Å². The van der Waals surface area contributed by atoms with E-state index in [2.05, 4.69) is 15.2 Å². The second-order valence-corrected chi connectivity index (χ2v) is 9.04. The van der Waals surface area contributed by atoms with E-state index in [0.29, 0.717) is 17.3 Å². The quantitative estimate of drug-likeness (QED) is 0.832. The number of halogens is 2. The molecule has 26 heavy (non-hydrogen) atoms. The molecule has 2 fully saturated rings. The topological polar surface area (TPSA) is 79.0 Å². The standard InChI is InChI=1S/C17H20F2N4O2S/c18-7-13-8-23(26(24,25)10-11-1-5-14(19)6-2-11)9-15(13)17-20-16(21-22-17)12-3-4-12/h1-2,5-6,12-13,15H,3-4,7-10H2,(H,20,21,22)/t13-,15-/m1/s1. The molecule has 2 heterocycles. The minimum Gasteiger partial charge on any atom is -0.263 e. The zero-order valence-electron chi connectivity index (χ0n) is 14.1. The number of H-pyrrole nitrogens is 1. The zero-order chi connectivity index (χ0) is 18.3. The van der Waals surface area contributed by atoms with Crippen molar-refractivity contribution in [1.29, 1.82) is 0 Å². The van der Waals surface area contributed by atoms with Crippen LogP contribution in [0.15, 0.2) is 24.3 Å². The first-order valence-corrected chi connectivity index (χ1v) is 10.3. The van der Waals surface area contributed by atoms with Crippen molar-refractivity contribution in [3.05, 3.63) is 47.3 Å². The maximum Gasteiger partial charge on any atom is 0.218 e. The molecule has 0 spiro atoms. The fraction of sp³-hybridized carbons (Fsp3) is 0.529. The number of hydrogen-bond acceptors (Lipinski definition) is 4. The summed E-state index contributed by atoms with van der Waals surface area (Å²) < 4.78 is 53.3. The van der Waals surface area contributed by atoms with E-state index in [1.807, 2.05) is 0 Å². The molecule has 9 heteroatoms. The molecule has 1 aliphatic carbocycles. The highest BCUT2D eigenvalue weighted by molar-refractivity contribution is 7.88. The molecular weight excluding hydrogens is 362 g/mol. The molecule has 2 aromatic rings. The van der Waals surface area contributed by atoms with Gasteiger partial charge in [0.15, 0.2) is 5.82 Å². The van der Waals surface area contributed by atoms with Crippen LogP contribution in [0.1, 0.15) is 41.9 Å². The van der Waals surface area contributed by atoms with Crippen molar-refractivity contribution < 1.29 is 17.2 Å². The average molecular weight is 382 g/mol. The summed E-state index contributed by atoms with van der Waals surface area (Å²) in [5.41, 5.74) is 0.502. The average Bonchev–Trinajstić information content (AvgIpc) is 3.18. The number of alkyl halides is 1. The van der Waals surface area contributed by atoms with Gasteiger partial charge in [-0.3, -0.25) is 9.49 Å². The van der Waals surface area contributed by atoms with Crippen molar-refractivity contribution in [1.82, 2.24) is 19.5 Å². The minimum absolute atomic E-state index is 0.115. The molecule has 0 unspecified atom stereocenters. The summed E-state index contributed by atoms with van der Waals surface area (Å²) in [5.74, 6) is 0.258. The van der Waals surface area contributed by atoms with Crippen LogP contribution in [-0.4, -0.2) is 47.7 Å². The highest BCUT2D eigenvalue weighted by Gasteiger charge is 2.41. The summed E-state index contributed by atoms with van der Waals surface area (Å²) in [5, 5.41) is 7.06. The fourth-order valence-corrected chi connectivity index (χ4v) is 4.99. The summed E-state index contributed by atoms with van der Waals surface area (Å²) in [4.78, 5) is 4.47. The Morgan fingerprint density at radius 1 is 1.19 bits per heavy atom. The Morgan fingerprint density at radius 3 is 2.58 bits per heavy atom. The Kier molecular flexibility index (Phi) is 4.52. The summed E-state index contributed by atoms with van der Waals surface area (Å²) in [7, 11) is -3.62. The normalized spacial score (nSPS) is 24.2. The molecule has 2 atom stereocenters. The molecule has 1 N–H and O–H groups in total. The summed E-state index contributed by atoms with van der Waals surface area (Å²) in [6.07, 6.45) is 2.12. The first-order chi connectivity index (χ1) is 12.5. The van der Waals surface area contributed by atoms with E-state index in [0.717, 1.165) is 18.7 Å². The van der Waals surface area contributed by atoms with Gasteiger partial charge in [0.25, 0.3) is 0 Å². The van der Waals surface area contributed by atoms with Crippen molar-refractivity contribution in [2.24, 2.45) is 5.92 Å². The van der Waals surface area contributed by atoms with E-state index < -0.39 is 28.4 Å². The predicted molar refractivity (Wildman–Crippen MR) is 91.2 cm³/mol. The van der Waals surface area contributed by atoms with Crippen molar-refractivity contribution in [3.8, 4) is 0 Å². The molecule has 1 saturated heterocycles. The molecule has 1 saturated carbocycles. The summed E-state index contributed by atoms with van der Waals surface area (Å²) >= 11 is 0. The molecule has 4 rings (SSSR count). The summed E-state index contributed by atoms with van der Waals surface area (Å²) in [6, 6.07) is 5.36. The molecule has 1 aromatic carbocycles. The molecule has 0 bridgehead atoms. The molecule has 0 amide bonds. The van der Waals surface area contributed by atoms with Gasteiger partial charge in [0.2, 0.25) is 10.0 Å². The lowest BCUT2D eigenvalue weighted by molar-refractivity contribution is 0.346. The molecule has 0 radical (unpaired) electrons. The molecule has 140 valence electrons. The van der Waals surface area contributed by atoms with Gasteiger partial charge in [0, 0.05) is 30.8 Å². The third-order valence-corrected chi connectivity index (χ3v) is 6.86. The number of rotatable bonds is 6. The van der Waals surface area contributed by atoms with Gasteiger partial charge in [0.1, 0.15) is 11.6 Å². The third kappa shape index (κ3) is 3.50. The van der Waals surface area contributed by atoms with Crippen LogP contribution >= 0.6 is 0 Å². The number of aromatic amines is 1. The molecule has 6 nitrogen and oxygen atoms in total. The number of nitrogens with one attached hydrogen (secondary N) is 1. The van der Waals surface area contributed by atoms with Crippen LogP contribution in [0.2, 0.25) is 0 Å². The van der Waals surface area contributed by atoms with Crippen LogP contribution in [0.4, 0.5) is 8.78 Å². The fourth-order valence-electron chi connectivity index (χ4n) is 3.39. The molecule has 1 aliphatic heterocycles. The largest absolute Gasteiger partial charge is 0.263 e. The maximum atomic E-state index is 13.5. The smallest absolute Gasteiger partial charge is 0.218 e. The molecular formula is C17H20F2N4O2S. The number of nitrogens with zero attached hydrogens (tertiary/aromatic N) is 3. The highest BCUT2D eigenvalue weighted by atomic mass is 32.2. The molecule has 2 aliphatic rings. The Morgan fingerprint density at radius 2 is 1.92 bits per heavy atom. The Bertz CT molecular complexity index is 880. The number of sulfonamides is 1. The van der Waals surface area contributed by atoms with Crippen molar-refractivity contribution in [2.75, 3.05) is 19.8 Å². The van der Waals surface area contributed by atoms with Crippen LogP contribution in [-0.2, 0) is 15.8 Å². The predicted octanol–water partition coefficient (Wildman–Crippen LogP) is 2.34. The van der Waals surface area contributed by atoms with Gasteiger partial charge in [-0.05, 0) is 30.5 Å². The van der Waals surface area contributed by atoms with Gasteiger partial charge in [-0.1, -0.05) is 12.1 Å². The van der Waals surface area contributed by atoms with Crippen LogP contribution in [0.5, 0.6) is 0 Å². The first kappa shape index (κ1) is 17.5. The first-order valence-electron chi connectivity index (χ1n) is 8.66. The van der Waals surface area contributed by atoms with Crippen LogP contribution in [0.25, 0.3) is 0 Å². The lowest BCUT2D eigenvalue weighted by Crippen LogP contribution is -2.30. The van der Waals surface area contributed by atoms with E-state index in [-0.39, 0.29) is 24.8 Å². The highest BCUT2D eigenvalue weighted by Crippen LogP contribution is 2.39. The lowest BCUT2D eigenvalue weighted by atomic mass is 9.97. The van der Waals surface area contributed by atoms with E-state index in [1.165, 1.54) is 28.6 Å². The lowest BCUT2D eigenvalue weighted by Gasteiger charge is -2.16. The monoisotopic (exact) mass is 382 g/mol. The third-order valence-electron chi connectivity index (χ3n) is 5.08. The molecule has 1 aromatic heterocycles. The van der Waals surface area contributed by atoms with Crippen molar-refractivity contribution in [3.63, 3.8) is 0 Å². The van der Waals surface area contributed by atoms with Crippen molar-refractivity contribution in [2.45, 2.75) is 30.4 Å². The second-order valence-electron chi connectivity index (χ2n) is 7.07. The minimum atomic E-state index is -3.62. The van der Waals surface area contributed by atoms with Gasteiger partial charge in [-0.25, -0.2) is 22.1 Å². The number of aromatic nitrogens is 3. The Labute approximate surface area is 150 Å². The SMILES string of the molecule is O=S(=O)(Cc1ccc(F)cc1)N1C[C@@H](CF)[C@H](c2nc(C3CC3)n[nH]2)C1. The van der Waals surface area contributed by atoms with E-state index in [9.17, 15) is 17.2 Å². The Balaban J connectivity index is 1.50. The second kappa shape index (κ2) is 6.70. The van der Waals surface area contributed by atoms with Gasteiger partial charge < -0.3 is 0 Å². The number of hydrogen-bond donors (Lipinski definition) is 1. The maximum absolute atomic E-state index is 13.5.